The number of halogens is 2. The topological polar surface area (TPSA) is 35.2 Å². The zero-order chi connectivity index (χ0) is 13.7. The molecule has 0 bridgehead atoms. The summed E-state index contributed by atoms with van der Waals surface area (Å²) in [5.41, 5.74) is 7.94. The highest BCUT2D eigenvalue weighted by Gasteiger charge is 2.04. The summed E-state index contributed by atoms with van der Waals surface area (Å²) in [6.07, 6.45) is 0.821. The van der Waals surface area contributed by atoms with Gasteiger partial charge in [0.05, 0.1) is 0 Å². The summed E-state index contributed by atoms with van der Waals surface area (Å²) < 4.78 is 8.18. The van der Waals surface area contributed by atoms with Crippen LogP contribution in [0.1, 0.15) is 11.1 Å². The van der Waals surface area contributed by atoms with Gasteiger partial charge >= 0.3 is 0 Å². The van der Waals surface area contributed by atoms with Crippen molar-refractivity contribution in [2.45, 2.75) is 13.0 Å². The normalized spacial score (nSPS) is 10.5. The van der Waals surface area contributed by atoms with E-state index in [1.165, 1.54) is 9.13 Å². The molecule has 0 aliphatic rings. The molecule has 0 aliphatic carbocycles. The lowest BCUT2D eigenvalue weighted by molar-refractivity contribution is 0.303. The number of rotatable bonds is 5. The predicted octanol–water partition coefficient (Wildman–Crippen LogP) is 4.13. The van der Waals surface area contributed by atoms with Crippen LogP contribution in [-0.2, 0) is 13.0 Å². The molecule has 0 radical (unpaired) electrons. The van der Waals surface area contributed by atoms with Gasteiger partial charge in [0.25, 0.3) is 0 Å². The van der Waals surface area contributed by atoms with Gasteiger partial charge < -0.3 is 10.5 Å². The van der Waals surface area contributed by atoms with Gasteiger partial charge in [0, 0.05) is 8.04 Å². The Bertz CT molecular complexity index is 542. The van der Waals surface area contributed by atoms with Crippen molar-refractivity contribution in [2.75, 3.05) is 6.54 Å². The van der Waals surface area contributed by atoms with Gasteiger partial charge in [-0.05, 0) is 77.0 Å². The molecule has 100 valence electrons. The molecule has 0 spiro atoms. The summed E-state index contributed by atoms with van der Waals surface area (Å²) in [4.78, 5) is 0. The molecule has 2 aromatic rings. The number of ether oxygens (including phenoxy) is 1. The minimum atomic E-state index is 0.579. The lowest BCUT2D eigenvalue weighted by Crippen LogP contribution is -2.05. The Kier molecular flexibility index (Phi) is 5.66. The van der Waals surface area contributed by atoms with Crippen molar-refractivity contribution in [3.63, 3.8) is 0 Å². The minimum Gasteiger partial charge on any atom is -0.489 e. The third-order valence-corrected chi connectivity index (χ3v) is 3.96. The van der Waals surface area contributed by atoms with Crippen LogP contribution in [0.15, 0.2) is 46.9 Å². The average Bonchev–Trinajstić information content (AvgIpc) is 2.40. The molecule has 19 heavy (non-hydrogen) atoms. The van der Waals surface area contributed by atoms with E-state index in [9.17, 15) is 0 Å². The molecular formula is C15H15BrINO. The van der Waals surface area contributed by atoms with E-state index in [1.54, 1.807) is 0 Å². The van der Waals surface area contributed by atoms with Gasteiger partial charge in [0.1, 0.15) is 12.4 Å². The highest BCUT2D eigenvalue weighted by molar-refractivity contribution is 14.1. The first-order valence-electron chi connectivity index (χ1n) is 6.05. The maximum Gasteiger partial charge on any atom is 0.123 e. The number of benzene rings is 2. The van der Waals surface area contributed by atoms with Crippen molar-refractivity contribution >= 4 is 38.5 Å². The van der Waals surface area contributed by atoms with Crippen LogP contribution in [0, 0.1) is 3.57 Å². The second-order valence-corrected chi connectivity index (χ2v) is 6.37. The summed E-state index contributed by atoms with van der Waals surface area (Å²) in [6, 6.07) is 14.4. The molecule has 2 aromatic carbocycles. The molecule has 2 rings (SSSR count). The zero-order valence-corrected chi connectivity index (χ0v) is 14.1. The van der Waals surface area contributed by atoms with Crippen LogP contribution in [-0.4, -0.2) is 6.54 Å². The van der Waals surface area contributed by atoms with Crippen LogP contribution in [0.3, 0.4) is 0 Å². The predicted molar refractivity (Wildman–Crippen MR) is 90.4 cm³/mol. The highest BCUT2D eigenvalue weighted by atomic mass is 127. The average molecular weight is 432 g/mol. The second-order valence-electron chi connectivity index (χ2n) is 4.21. The summed E-state index contributed by atoms with van der Waals surface area (Å²) >= 11 is 5.77. The van der Waals surface area contributed by atoms with E-state index in [2.05, 4.69) is 68.9 Å². The number of hydrogen-bond acceptors (Lipinski definition) is 2. The maximum atomic E-state index is 5.89. The molecule has 0 saturated carbocycles. The lowest BCUT2D eigenvalue weighted by atomic mass is 10.1. The van der Waals surface area contributed by atoms with Crippen LogP contribution in [0.25, 0.3) is 0 Å². The first kappa shape index (κ1) is 14.8. The van der Waals surface area contributed by atoms with Crippen LogP contribution >= 0.6 is 38.5 Å². The summed E-state index contributed by atoms with van der Waals surface area (Å²) in [6.45, 7) is 1.20. The largest absolute Gasteiger partial charge is 0.489 e. The monoisotopic (exact) mass is 431 g/mol. The maximum absolute atomic E-state index is 5.89. The Morgan fingerprint density at radius 1 is 1.11 bits per heavy atom. The summed E-state index contributed by atoms with van der Waals surface area (Å²) in [7, 11) is 0. The Balaban J connectivity index is 2.08. The van der Waals surface area contributed by atoms with Crippen LogP contribution < -0.4 is 10.5 Å². The standard InChI is InChI=1S/C15H15BrINO/c16-13-3-6-15(12(9-13)7-8-18)19-10-11-1-4-14(17)5-2-11/h1-6,9H,7-8,10,18H2. The first-order valence-corrected chi connectivity index (χ1v) is 7.92. The Morgan fingerprint density at radius 2 is 1.84 bits per heavy atom. The Hall–Kier alpha value is -0.590. The molecular weight excluding hydrogens is 417 g/mol. The van der Waals surface area contributed by atoms with Crippen LogP contribution in [0.2, 0.25) is 0 Å². The molecule has 0 amide bonds. The molecule has 0 atom stereocenters. The van der Waals surface area contributed by atoms with E-state index in [0.717, 1.165) is 22.2 Å². The molecule has 0 unspecified atom stereocenters. The van der Waals surface area contributed by atoms with E-state index < -0.39 is 0 Å². The highest BCUT2D eigenvalue weighted by Crippen LogP contribution is 2.24. The van der Waals surface area contributed by atoms with E-state index in [0.29, 0.717) is 13.2 Å². The van der Waals surface area contributed by atoms with E-state index in [1.807, 2.05) is 12.1 Å². The summed E-state index contributed by atoms with van der Waals surface area (Å²) in [5.74, 6) is 0.909. The van der Waals surface area contributed by atoms with Crippen LogP contribution in [0.5, 0.6) is 5.75 Å². The van der Waals surface area contributed by atoms with Gasteiger partial charge in [-0.25, -0.2) is 0 Å². The van der Waals surface area contributed by atoms with Gasteiger partial charge in [0.2, 0.25) is 0 Å². The quantitative estimate of drug-likeness (QED) is 0.722. The fourth-order valence-electron chi connectivity index (χ4n) is 1.78. The minimum absolute atomic E-state index is 0.579. The fraction of sp³-hybridized carbons (Fsp3) is 0.200. The number of hydrogen-bond donors (Lipinski definition) is 1. The molecule has 2 N–H and O–H groups in total. The van der Waals surface area contributed by atoms with Crippen molar-refractivity contribution in [1.82, 2.24) is 0 Å². The third-order valence-electron chi connectivity index (χ3n) is 2.74. The van der Waals surface area contributed by atoms with Crippen molar-refractivity contribution < 1.29 is 4.74 Å². The molecule has 0 saturated heterocycles. The van der Waals surface area contributed by atoms with Crippen molar-refractivity contribution in [1.29, 1.82) is 0 Å². The lowest BCUT2D eigenvalue weighted by Gasteiger charge is -2.11. The van der Waals surface area contributed by atoms with Gasteiger partial charge in [-0.2, -0.15) is 0 Å². The van der Waals surface area contributed by atoms with Gasteiger partial charge in [-0.1, -0.05) is 28.1 Å². The van der Waals surface area contributed by atoms with Gasteiger partial charge in [-0.15, -0.1) is 0 Å². The van der Waals surface area contributed by atoms with Crippen molar-refractivity contribution in [3.05, 3.63) is 61.6 Å². The third kappa shape index (κ3) is 4.47. The van der Waals surface area contributed by atoms with E-state index >= 15 is 0 Å². The second kappa shape index (κ2) is 7.26. The first-order chi connectivity index (χ1) is 9.19. The zero-order valence-electron chi connectivity index (χ0n) is 10.4. The van der Waals surface area contributed by atoms with E-state index in [-0.39, 0.29) is 0 Å². The number of nitrogens with two attached hydrogens (primary N) is 1. The van der Waals surface area contributed by atoms with E-state index in [4.69, 9.17) is 10.5 Å². The molecule has 0 aliphatic heterocycles. The van der Waals surface area contributed by atoms with Crippen molar-refractivity contribution in [3.8, 4) is 5.75 Å². The SMILES string of the molecule is NCCc1cc(Br)ccc1OCc1ccc(I)cc1. The van der Waals surface area contributed by atoms with Crippen LogP contribution in [0.4, 0.5) is 0 Å². The van der Waals surface area contributed by atoms with Gasteiger partial charge in [-0.3, -0.25) is 0 Å². The molecule has 4 heteroatoms. The smallest absolute Gasteiger partial charge is 0.123 e. The molecule has 0 heterocycles. The fourth-order valence-corrected chi connectivity index (χ4v) is 2.55. The molecule has 2 nitrogen and oxygen atoms in total. The van der Waals surface area contributed by atoms with Gasteiger partial charge in [0.15, 0.2) is 0 Å². The Morgan fingerprint density at radius 3 is 2.53 bits per heavy atom. The molecule has 0 fully saturated rings. The molecule has 0 aromatic heterocycles. The Labute approximate surface area is 135 Å². The summed E-state index contributed by atoms with van der Waals surface area (Å²) in [5, 5.41) is 0. The van der Waals surface area contributed by atoms with Crippen molar-refractivity contribution in [2.24, 2.45) is 5.73 Å².